The average molecular weight is 388 g/mol. The molecule has 0 unspecified atom stereocenters. The summed E-state index contributed by atoms with van der Waals surface area (Å²) in [5.41, 5.74) is 4.50. The molecule has 0 saturated heterocycles. The number of ether oxygens (including phenoxy) is 2. The van der Waals surface area contributed by atoms with E-state index in [9.17, 15) is 9.59 Å². The minimum Gasteiger partial charge on any atom is -0.382 e. The molecule has 2 rings (SSSR count). The second kappa shape index (κ2) is 21.5. The van der Waals surface area contributed by atoms with Crippen molar-refractivity contribution in [3.8, 4) is 0 Å². The van der Waals surface area contributed by atoms with Crippen LogP contribution >= 0.6 is 0 Å². The van der Waals surface area contributed by atoms with Crippen LogP contribution in [0.3, 0.4) is 0 Å². The fourth-order valence-corrected chi connectivity index (χ4v) is 2.67. The SMILES string of the molecule is CCC(=O)C1CCC1.CN.COC(C)C.O=CCCCOC1CCCCC1. The normalized spacial score (nSPS) is 16.6. The van der Waals surface area contributed by atoms with Crippen molar-refractivity contribution in [1.82, 2.24) is 0 Å². The summed E-state index contributed by atoms with van der Waals surface area (Å²) in [6, 6.07) is 0. The van der Waals surface area contributed by atoms with Crippen LogP contribution < -0.4 is 5.73 Å². The Morgan fingerprint density at radius 2 is 1.63 bits per heavy atom. The van der Waals surface area contributed by atoms with Gasteiger partial charge in [0.05, 0.1) is 12.2 Å². The van der Waals surface area contributed by atoms with Gasteiger partial charge in [0.15, 0.2) is 0 Å². The van der Waals surface area contributed by atoms with Crippen LogP contribution in [0.5, 0.6) is 0 Å². The Morgan fingerprint density at radius 3 is 1.96 bits per heavy atom. The number of carbonyl (C=O) groups excluding carboxylic acids is 2. The molecule has 27 heavy (non-hydrogen) atoms. The highest BCUT2D eigenvalue weighted by Crippen LogP contribution is 2.27. The molecule has 0 aliphatic heterocycles. The second-order valence-corrected chi connectivity index (χ2v) is 7.17. The zero-order chi connectivity index (χ0) is 20.9. The number of aldehydes is 1. The zero-order valence-corrected chi connectivity index (χ0v) is 18.5. The number of hydrogen-bond donors (Lipinski definition) is 1. The van der Waals surface area contributed by atoms with E-state index in [0.29, 0.717) is 30.3 Å². The fraction of sp³-hybridized carbons (Fsp3) is 0.909. The van der Waals surface area contributed by atoms with Crippen LogP contribution in [0.25, 0.3) is 0 Å². The number of Topliss-reactive ketones (excluding diaryl/α,β-unsaturated/α-hetero) is 1. The number of rotatable bonds is 8. The Labute approximate surface area is 167 Å². The first-order valence-electron chi connectivity index (χ1n) is 10.7. The number of ketones is 1. The molecule has 0 atom stereocenters. The third kappa shape index (κ3) is 18.4. The molecule has 162 valence electrons. The monoisotopic (exact) mass is 387 g/mol. The average Bonchev–Trinajstić information content (AvgIpc) is 2.67. The van der Waals surface area contributed by atoms with Crippen LogP contribution in [0.1, 0.15) is 91.4 Å². The van der Waals surface area contributed by atoms with E-state index in [-0.39, 0.29) is 0 Å². The summed E-state index contributed by atoms with van der Waals surface area (Å²) >= 11 is 0. The summed E-state index contributed by atoms with van der Waals surface area (Å²) in [4.78, 5) is 20.8. The van der Waals surface area contributed by atoms with Gasteiger partial charge in [0.1, 0.15) is 12.1 Å². The van der Waals surface area contributed by atoms with Gasteiger partial charge in [-0.25, -0.2) is 0 Å². The van der Waals surface area contributed by atoms with Gasteiger partial charge in [-0.1, -0.05) is 32.6 Å². The van der Waals surface area contributed by atoms with E-state index in [0.717, 1.165) is 38.6 Å². The molecular formula is C22H45NO4. The van der Waals surface area contributed by atoms with E-state index in [1.165, 1.54) is 45.6 Å². The predicted octanol–water partition coefficient (Wildman–Crippen LogP) is 4.70. The molecule has 5 nitrogen and oxygen atoms in total. The van der Waals surface area contributed by atoms with Crippen molar-refractivity contribution in [2.24, 2.45) is 11.7 Å². The number of unbranched alkanes of at least 4 members (excludes halogenated alkanes) is 1. The van der Waals surface area contributed by atoms with E-state index >= 15 is 0 Å². The first-order chi connectivity index (χ1) is 13.0. The molecule has 0 aromatic rings. The number of nitrogens with two attached hydrogens (primary N) is 1. The van der Waals surface area contributed by atoms with Crippen LogP contribution in [-0.2, 0) is 19.1 Å². The van der Waals surface area contributed by atoms with Crippen LogP contribution in [-0.4, -0.2) is 45.0 Å². The maximum Gasteiger partial charge on any atom is 0.135 e. The lowest BCUT2D eigenvalue weighted by Gasteiger charge is -2.22. The lowest BCUT2D eigenvalue weighted by molar-refractivity contribution is -0.124. The Balaban J connectivity index is 0. The quantitative estimate of drug-likeness (QED) is 0.482. The van der Waals surface area contributed by atoms with Crippen LogP contribution in [0.2, 0.25) is 0 Å². The standard InChI is InChI=1S/C10H18O2.C7H12O.C4H10O.CH5N/c11-8-4-5-9-12-10-6-2-1-3-7-10;1-2-7(8)6-4-3-5-6;1-4(2)5-3;1-2/h8,10H,1-7,9H2;6H,2-5H2,1H3;4H,1-3H3;2H2,1H3. The van der Waals surface area contributed by atoms with Crippen molar-refractivity contribution in [2.75, 3.05) is 20.8 Å². The van der Waals surface area contributed by atoms with E-state index in [2.05, 4.69) is 5.73 Å². The molecule has 2 N–H and O–H groups in total. The summed E-state index contributed by atoms with van der Waals surface area (Å²) in [7, 11) is 3.20. The van der Waals surface area contributed by atoms with Gasteiger partial charge < -0.3 is 20.0 Å². The number of carbonyl (C=O) groups is 2. The second-order valence-electron chi connectivity index (χ2n) is 7.17. The van der Waals surface area contributed by atoms with Crippen molar-refractivity contribution in [1.29, 1.82) is 0 Å². The third-order valence-electron chi connectivity index (χ3n) is 4.75. The molecule has 2 aliphatic carbocycles. The van der Waals surface area contributed by atoms with Gasteiger partial charge in [-0.15, -0.1) is 0 Å². The molecule has 2 fully saturated rings. The van der Waals surface area contributed by atoms with Gasteiger partial charge in [0.2, 0.25) is 0 Å². The molecular weight excluding hydrogens is 342 g/mol. The van der Waals surface area contributed by atoms with E-state index in [1.807, 2.05) is 20.8 Å². The Hall–Kier alpha value is -0.780. The third-order valence-corrected chi connectivity index (χ3v) is 4.75. The topological polar surface area (TPSA) is 78.6 Å². The van der Waals surface area contributed by atoms with Crippen molar-refractivity contribution in [3.05, 3.63) is 0 Å². The summed E-state index contributed by atoms with van der Waals surface area (Å²) in [5, 5.41) is 0. The first-order valence-corrected chi connectivity index (χ1v) is 10.7. The van der Waals surface area contributed by atoms with Gasteiger partial charge in [-0.2, -0.15) is 0 Å². The van der Waals surface area contributed by atoms with E-state index < -0.39 is 0 Å². The molecule has 0 aromatic carbocycles. The lowest BCUT2D eigenvalue weighted by Crippen LogP contribution is -2.20. The molecule has 0 heterocycles. The Morgan fingerprint density at radius 1 is 1.07 bits per heavy atom. The van der Waals surface area contributed by atoms with Crippen LogP contribution in [0.15, 0.2) is 0 Å². The summed E-state index contributed by atoms with van der Waals surface area (Å²) in [5.74, 6) is 0.927. The number of methoxy groups -OCH3 is 1. The van der Waals surface area contributed by atoms with Gasteiger partial charge >= 0.3 is 0 Å². The van der Waals surface area contributed by atoms with Gasteiger partial charge in [0, 0.05) is 32.5 Å². The molecule has 0 bridgehead atoms. The van der Waals surface area contributed by atoms with Gasteiger partial charge in [0.25, 0.3) is 0 Å². The summed E-state index contributed by atoms with van der Waals surface area (Å²) < 4.78 is 10.4. The highest BCUT2D eigenvalue weighted by atomic mass is 16.5. The highest BCUT2D eigenvalue weighted by molar-refractivity contribution is 5.81. The lowest BCUT2D eigenvalue weighted by atomic mass is 9.81. The minimum absolute atomic E-state index is 0.384. The summed E-state index contributed by atoms with van der Waals surface area (Å²) in [6.07, 6.45) is 14.2. The van der Waals surface area contributed by atoms with E-state index in [4.69, 9.17) is 9.47 Å². The minimum atomic E-state index is 0.384. The smallest absolute Gasteiger partial charge is 0.135 e. The zero-order valence-electron chi connectivity index (χ0n) is 18.5. The van der Waals surface area contributed by atoms with Crippen LogP contribution in [0, 0.1) is 5.92 Å². The van der Waals surface area contributed by atoms with Gasteiger partial charge in [-0.05, 0) is 53.0 Å². The summed E-state index contributed by atoms with van der Waals surface area (Å²) in [6.45, 7) is 6.71. The highest BCUT2D eigenvalue weighted by Gasteiger charge is 2.22. The molecule has 0 aromatic heterocycles. The van der Waals surface area contributed by atoms with Crippen molar-refractivity contribution in [2.45, 2.75) is 104 Å². The first kappa shape index (κ1) is 28.4. The number of hydrogen-bond acceptors (Lipinski definition) is 5. The maximum absolute atomic E-state index is 10.8. The molecule has 0 amide bonds. The molecule has 0 spiro atoms. The van der Waals surface area contributed by atoms with Crippen LogP contribution in [0.4, 0.5) is 0 Å². The largest absolute Gasteiger partial charge is 0.382 e. The van der Waals surface area contributed by atoms with Gasteiger partial charge in [-0.3, -0.25) is 4.79 Å². The predicted molar refractivity (Wildman–Crippen MR) is 113 cm³/mol. The van der Waals surface area contributed by atoms with Crippen molar-refractivity contribution < 1.29 is 19.1 Å². The van der Waals surface area contributed by atoms with Crippen molar-refractivity contribution in [3.63, 3.8) is 0 Å². The van der Waals surface area contributed by atoms with Crippen molar-refractivity contribution >= 4 is 12.1 Å². The maximum atomic E-state index is 10.8. The molecule has 5 heteroatoms. The van der Waals surface area contributed by atoms with E-state index in [1.54, 1.807) is 7.11 Å². The molecule has 2 aliphatic rings. The molecule has 2 saturated carbocycles. The fourth-order valence-electron chi connectivity index (χ4n) is 2.67. The Kier molecular flexibility index (Phi) is 22.7. The Bertz CT molecular complexity index is 324. The molecule has 0 radical (unpaired) electrons.